The molecule has 0 aromatic carbocycles. The maximum Gasteiger partial charge on any atom is 0.253 e. The van der Waals surface area contributed by atoms with E-state index in [0.717, 1.165) is 52.0 Å². The summed E-state index contributed by atoms with van der Waals surface area (Å²) in [6.45, 7) is 3.00. The van der Waals surface area contributed by atoms with Crippen molar-refractivity contribution in [1.82, 2.24) is 15.2 Å². The number of pyridine rings is 1. The molecule has 1 aromatic heterocycles. The molecule has 2 fully saturated rings. The van der Waals surface area contributed by atoms with E-state index in [2.05, 4.69) is 10.3 Å². The van der Waals surface area contributed by atoms with Gasteiger partial charge in [-0.25, -0.2) is 0 Å². The first-order valence-corrected chi connectivity index (χ1v) is 8.79. The molecule has 0 atom stereocenters. The van der Waals surface area contributed by atoms with Crippen molar-refractivity contribution < 1.29 is 14.3 Å². The van der Waals surface area contributed by atoms with Crippen LogP contribution in [0, 0.1) is 5.92 Å². The third kappa shape index (κ3) is 4.54. The van der Waals surface area contributed by atoms with Crippen LogP contribution in [0.15, 0.2) is 24.5 Å². The van der Waals surface area contributed by atoms with Gasteiger partial charge >= 0.3 is 0 Å². The van der Waals surface area contributed by atoms with E-state index in [0.29, 0.717) is 17.9 Å². The van der Waals surface area contributed by atoms with E-state index in [1.165, 1.54) is 0 Å². The Morgan fingerprint density at radius 1 is 1.21 bits per heavy atom. The zero-order valence-electron chi connectivity index (χ0n) is 13.9. The minimum Gasteiger partial charge on any atom is -0.381 e. The van der Waals surface area contributed by atoms with E-state index in [9.17, 15) is 9.59 Å². The Hall–Kier alpha value is -1.95. The Bertz CT molecular complexity index is 550. The predicted octanol–water partition coefficient (Wildman–Crippen LogP) is 1.62. The van der Waals surface area contributed by atoms with Crippen LogP contribution in [0.4, 0.5) is 0 Å². The highest BCUT2D eigenvalue weighted by Crippen LogP contribution is 2.21. The maximum absolute atomic E-state index is 12.4. The third-order valence-electron chi connectivity index (χ3n) is 4.91. The number of carbonyl (C=O) groups excluding carboxylic acids is 2. The predicted molar refractivity (Wildman–Crippen MR) is 89.5 cm³/mol. The van der Waals surface area contributed by atoms with E-state index < -0.39 is 0 Å². The van der Waals surface area contributed by atoms with E-state index in [1.54, 1.807) is 24.5 Å². The Morgan fingerprint density at radius 3 is 2.62 bits per heavy atom. The van der Waals surface area contributed by atoms with Crippen molar-refractivity contribution in [2.75, 3.05) is 26.3 Å². The maximum atomic E-state index is 12.4. The van der Waals surface area contributed by atoms with Crippen LogP contribution in [0.1, 0.15) is 42.5 Å². The molecule has 0 spiro atoms. The molecule has 6 heteroatoms. The van der Waals surface area contributed by atoms with Gasteiger partial charge in [-0.1, -0.05) is 0 Å². The summed E-state index contributed by atoms with van der Waals surface area (Å²) in [7, 11) is 0. The van der Waals surface area contributed by atoms with Gasteiger partial charge in [0.05, 0.1) is 5.56 Å². The van der Waals surface area contributed by atoms with Gasteiger partial charge in [0.2, 0.25) is 5.91 Å². The largest absolute Gasteiger partial charge is 0.381 e. The smallest absolute Gasteiger partial charge is 0.253 e. The quantitative estimate of drug-likeness (QED) is 0.910. The fourth-order valence-electron chi connectivity index (χ4n) is 3.37. The van der Waals surface area contributed by atoms with Crippen molar-refractivity contribution >= 4 is 11.8 Å². The Balaban J connectivity index is 1.42. The molecule has 130 valence electrons. The number of carbonyl (C=O) groups is 2. The zero-order chi connectivity index (χ0) is 16.8. The lowest BCUT2D eigenvalue weighted by atomic mass is 9.95. The lowest BCUT2D eigenvalue weighted by molar-refractivity contribution is -0.134. The Kier molecular flexibility index (Phi) is 5.80. The first-order chi connectivity index (χ1) is 11.7. The van der Waals surface area contributed by atoms with Crippen molar-refractivity contribution in [3.8, 4) is 0 Å². The number of amides is 2. The molecule has 24 heavy (non-hydrogen) atoms. The van der Waals surface area contributed by atoms with E-state index in [-0.39, 0.29) is 17.9 Å². The molecule has 3 heterocycles. The van der Waals surface area contributed by atoms with Gasteiger partial charge < -0.3 is 15.0 Å². The number of nitrogens with zero attached hydrogens (tertiary/aromatic N) is 2. The van der Waals surface area contributed by atoms with Crippen LogP contribution < -0.4 is 5.32 Å². The van der Waals surface area contributed by atoms with Crippen LogP contribution in [0.25, 0.3) is 0 Å². The number of ether oxygens (including phenoxy) is 1. The van der Waals surface area contributed by atoms with Crippen molar-refractivity contribution in [1.29, 1.82) is 0 Å². The van der Waals surface area contributed by atoms with Gasteiger partial charge in [0, 0.05) is 51.2 Å². The SMILES string of the molecule is O=C(NC1CCN(C(=O)CC2CCOCC2)CC1)c1cccnc1. The molecule has 0 aliphatic carbocycles. The topological polar surface area (TPSA) is 71.5 Å². The monoisotopic (exact) mass is 331 g/mol. The number of hydrogen-bond donors (Lipinski definition) is 1. The highest BCUT2D eigenvalue weighted by molar-refractivity contribution is 5.94. The normalized spacial score (nSPS) is 19.9. The van der Waals surface area contributed by atoms with Crippen LogP contribution in [0.5, 0.6) is 0 Å². The van der Waals surface area contributed by atoms with E-state index in [1.807, 2.05) is 4.90 Å². The average Bonchev–Trinajstić information content (AvgIpc) is 2.64. The van der Waals surface area contributed by atoms with Crippen molar-refractivity contribution in [3.63, 3.8) is 0 Å². The summed E-state index contributed by atoms with van der Waals surface area (Å²) in [6.07, 6.45) is 7.46. The minimum atomic E-state index is -0.0879. The standard InChI is InChI=1S/C18H25N3O3/c22-17(12-14-5-10-24-11-6-14)21-8-3-16(4-9-21)20-18(23)15-2-1-7-19-13-15/h1-2,7,13-14,16H,3-6,8-12H2,(H,20,23). The van der Waals surface area contributed by atoms with Crippen LogP contribution in [-0.4, -0.2) is 54.0 Å². The van der Waals surface area contributed by atoms with Gasteiger partial charge in [0.15, 0.2) is 0 Å². The number of aromatic nitrogens is 1. The molecule has 1 N–H and O–H groups in total. The summed E-state index contributed by atoms with van der Waals surface area (Å²) in [5, 5.41) is 3.04. The Morgan fingerprint density at radius 2 is 1.96 bits per heavy atom. The highest BCUT2D eigenvalue weighted by atomic mass is 16.5. The number of piperidine rings is 1. The minimum absolute atomic E-state index is 0.0879. The number of nitrogens with one attached hydrogen (secondary N) is 1. The lowest BCUT2D eigenvalue weighted by Crippen LogP contribution is -2.47. The first-order valence-electron chi connectivity index (χ1n) is 8.79. The molecule has 2 aliphatic rings. The highest BCUT2D eigenvalue weighted by Gasteiger charge is 2.26. The summed E-state index contributed by atoms with van der Waals surface area (Å²) >= 11 is 0. The summed E-state index contributed by atoms with van der Waals surface area (Å²) in [5.74, 6) is 0.628. The van der Waals surface area contributed by atoms with Crippen LogP contribution >= 0.6 is 0 Å². The van der Waals surface area contributed by atoms with E-state index >= 15 is 0 Å². The molecule has 2 aliphatic heterocycles. The van der Waals surface area contributed by atoms with Crippen molar-refractivity contribution in [2.24, 2.45) is 5.92 Å². The summed E-state index contributed by atoms with van der Waals surface area (Å²) in [6, 6.07) is 3.64. The summed E-state index contributed by atoms with van der Waals surface area (Å²) in [5.41, 5.74) is 0.579. The van der Waals surface area contributed by atoms with Crippen LogP contribution in [0.2, 0.25) is 0 Å². The van der Waals surface area contributed by atoms with Gasteiger partial charge in [0.25, 0.3) is 5.91 Å². The number of rotatable bonds is 4. The molecular formula is C18H25N3O3. The molecule has 2 saturated heterocycles. The third-order valence-corrected chi connectivity index (χ3v) is 4.91. The van der Waals surface area contributed by atoms with Crippen LogP contribution in [-0.2, 0) is 9.53 Å². The van der Waals surface area contributed by atoms with E-state index in [4.69, 9.17) is 4.74 Å². The fourth-order valence-corrected chi connectivity index (χ4v) is 3.37. The fraction of sp³-hybridized carbons (Fsp3) is 0.611. The second-order valence-corrected chi connectivity index (χ2v) is 6.63. The molecule has 0 unspecified atom stereocenters. The van der Waals surface area contributed by atoms with Gasteiger partial charge in [-0.15, -0.1) is 0 Å². The second-order valence-electron chi connectivity index (χ2n) is 6.63. The molecule has 6 nitrogen and oxygen atoms in total. The molecular weight excluding hydrogens is 306 g/mol. The molecule has 3 rings (SSSR count). The zero-order valence-corrected chi connectivity index (χ0v) is 13.9. The molecule has 0 saturated carbocycles. The van der Waals surface area contributed by atoms with Gasteiger partial charge in [-0.2, -0.15) is 0 Å². The molecule has 2 amide bonds. The average molecular weight is 331 g/mol. The van der Waals surface area contributed by atoms with Gasteiger partial charge in [0.1, 0.15) is 0 Å². The molecule has 1 aromatic rings. The summed E-state index contributed by atoms with van der Waals surface area (Å²) < 4.78 is 5.34. The van der Waals surface area contributed by atoms with Crippen LogP contribution in [0.3, 0.4) is 0 Å². The Labute approximate surface area is 142 Å². The number of likely N-dealkylation sites (tertiary alicyclic amines) is 1. The van der Waals surface area contributed by atoms with Crippen molar-refractivity contribution in [3.05, 3.63) is 30.1 Å². The summed E-state index contributed by atoms with van der Waals surface area (Å²) in [4.78, 5) is 30.5. The second kappa shape index (κ2) is 8.24. The lowest BCUT2D eigenvalue weighted by Gasteiger charge is -2.33. The van der Waals surface area contributed by atoms with Gasteiger partial charge in [-0.05, 0) is 43.7 Å². The first kappa shape index (κ1) is 16.9. The molecule has 0 radical (unpaired) electrons. The molecule has 0 bridgehead atoms. The number of hydrogen-bond acceptors (Lipinski definition) is 4. The van der Waals surface area contributed by atoms with Crippen molar-refractivity contribution in [2.45, 2.75) is 38.1 Å². The van der Waals surface area contributed by atoms with Gasteiger partial charge in [-0.3, -0.25) is 14.6 Å².